The van der Waals surface area contributed by atoms with Crippen LogP contribution in [0, 0.1) is 6.92 Å². The number of aryl methyl sites for hydroxylation is 1. The lowest BCUT2D eigenvalue weighted by Crippen LogP contribution is -2.28. The van der Waals surface area contributed by atoms with Crippen LogP contribution in [0.1, 0.15) is 27.8 Å². The van der Waals surface area contributed by atoms with Crippen molar-refractivity contribution in [2.75, 3.05) is 0 Å². The Hall–Kier alpha value is -5.46. The van der Waals surface area contributed by atoms with Crippen LogP contribution in [0.15, 0.2) is 176 Å². The maximum absolute atomic E-state index is 2.41. The van der Waals surface area contributed by atoms with E-state index in [0.717, 1.165) is 0 Å². The van der Waals surface area contributed by atoms with Gasteiger partial charge in [-0.1, -0.05) is 175 Å². The molecule has 0 bridgehead atoms. The summed E-state index contributed by atoms with van der Waals surface area (Å²) in [4.78, 5) is 0. The molecular weight excluding hydrogens is 528 g/mol. The molecule has 0 aromatic heterocycles. The average Bonchev–Trinajstić information content (AvgIpc) is 3.40. The van der Waals surface area contributed by atoms with Gasteiger partial charge in [0.25, 0.3) is 0 Å². The van der Waals surface area contributed by atoms with Gasteiger partial charge < -0.3 is 0 Å². The molecule has 1 aliphatic carbocycles. The van der Waals surface area contributed by atoms with E-state index in [1.54, 1.807) is 0 Å². The lowest BCUT2D eigenvalue weighted by atomic mass is 9.67. The second kappa shape index (κ2) is 10.7. The van der Waals surface area contributed by atoms with Crippen LogP contribution in [0.2, 0.25) is 0 Å². The van der Waals surface area contributed by atoms with Gasteiger partial charge in [-0.25, -0.2) is 0 Å². The minimum Gasteiger partial charge on any atom is -0.0622 e. The molecule has 0 N–H and O–H groups in total. The predicted molar refractivity (Wildman–Crippen MR) is 185 cm³/mol. The Labute approximate surface area is 259 Å². The molecule has 0 fully saturated rings. The van der Waals surface area contributed by atoms with Crippen molar-refractivity contribution in [1.82, 2.24) is 0 Å². The Kier molecular flexibility index (Phi) is 6.35. The molecule has 0 saturated carbocycles. The summed E-state index contributed by atoms with van der Waals surface area (Å²) in [7, 11) is 0. The molecule has 0 heteroatoms. The zero-order chi connectivity index (χ0) is 29.5. The highest BCUT2D eigenvalue weighted by molar-refractivity contribution is 5.87. The highest BCUT2D eigenvalue weighted by atomic mass is 14.5. The van der Waals surface area contributed by atoms with Crippen molar-refractivity contribution >= 4 is 0 Å². The van der Waals surface area contributed by atoms with Crippen LogP contribution in [-0.4, -0.2) is 0 Å². The summed E-state index contributed by atoms with van der Waals surface area (Å²) in [6.45, 7) is 2.13. The average molecular weight is 561 g/mol. The molecule has 7 aromatic carbocycles. The number of benzene rings is 7. The first-order chi connectivity index (χ1) is 21.7. The molecule has 0 saturated heterocycles. The van der Waals surface area contributed by atoms with Crippen molar-refractivity contribution < 1.29 is 0 Å². The Balaban J connectivity index is 1.30. The molecule has 1 aliphatic rings. The summed E-state index contributed by atoms with van der Waals surface area (Å²) < 4.78 is 0. The van der Waals surface area contributed by atoms with E-state index >= 15 is 0 Å². The third kappa shape index (κ3) is 4.22. The van der Waals surface area contributed by atoms with E-state index in [-0.39, 0.29) is 0 Å². The molecule has 0 amide bonds. The normalized spacial score (nSPS) is 12.8. The molecule has 0 atom stereocenters. The molecule has 208 valence electrons. The number of fused-ring (bicyclic) bond motifs is 3. The Morgan fingerprint density at radius 3 is 1.34 bits per heavy atom. The molecule has 44 heavy (non-hydrogen) atoms. The molecule has 0 unspecified atom stereocenters. The Bertz CT molecular complexity index is 2040. The van der Waals surface area contributed by atoms with Gasteiger partial charge in [0.1, 0.15) is 0 Å². The Morgan fingerprint density at radius 1 is 0.318 bits per heavy atom. The largest absolute Gasteiger partial charge is 0.0713 e. The summed E-state index contributed by atoms with van der Waals surface area (Å²) >= 11 is 0. The SMILES string of the molecule is Cc1ccc(-c2ccc(-c3cccc(C4(c5ccc(-c6ccccc6)cc5)c5ccccc5-c5ccccc54)c3)cc2)cc1. The first-order valence-corrected chi connectivity index (χ1v) is 15.4. The number of rotatable bonds is 5. The van der Waals surface area contributed by atoms with Crippen molar-refractivity contribution in [1.29, 1.82) is 0 Å². The van der Waals surface area contributed by atoms with Gasteiger partial charge in [-0.3, -0.25) is 0 Å². The van der Waals surface area contributed by atoms with Crippen molar-refractivity contribution in [3.8, 4) is 44.5 Å². The highest BCUT2D eigenvalue weighted by Crippen LogP contribution is 2.56. The van der Waals surface area contributed by atoms with Crippen molar-refractivity contribution in [2.24, 2.45) is 0 Å². The molecule has 0 radical (unpaired) electrons. The summed E-state index contributed by atoms with van der Waals surface area (Å²) in [5.74, 6) is 0. The topological polar surface area (TPSA) is 0 Å². The Morgan fingerprint density at radius 2 is 0.750 bits per heavy atom. The van der Waals surface area contributed by atoms with Crippen LogP contribution in [-0.2, 0) is 5.41 Å². The molecular formula is C44H32. The first-order valence-electron chi connectivity index (χ1n) is 15.4. The smallest absolute Gasteiger partial charge is 0.0622 e. The van der Waals surface area contributed by atoms with E-state index in [4.69, 9.17) is 0 Å². The van der Waals surface area contributed by atoms with Gasteiger partial charge in [0, 0.05) is 0 Å². The second-order valence-corrected chi connectivity index (χ2v) is 11.8. The van der Waals surface area contributed by atoms with E-state index in [2.05, 4.69) is 183 Å². The van der Waals surface area contributed by atoms with Gasteiger partial charge in [0.2, 0.25) is 0 Å². The fourth-order valence-electron chi connectivity index (χ4n) is 7.10. The van der Waals surface area contributed by atoms with Crippen molar-refractivity contribution in [3.05, 3.63) is 204 Å². The molecule has 0 heterocycles. The molecule has 0 nitrogen and oxygen atoms in total. The maximum Gasteiger partial charge on any atom is 0.0713 e. The molecule has 0 aliphatic heterocycles. The minimum atomic E-state index is -0.430. The zero-order valence-electron chi connectivity index (χ0n) is 24.7. The molecule has 8 rings (SSSR count). The first kappa shape index (κ1) is 26.2. The van der Waals surface area contributed by atoms with Gasteiger partial charge in [-0.05, 0) is 79.8 Å². The van der Waals surface area contributed by atoms with Crippen LogP contribution in [0.3, 0.4) is 0 Å². The third-order valence-corrected chi connectivity index (χ3v) is 9.28. The van der Waals surface area contributed by atoms with Gasteiger partial charge in [0.05, 0.1) is 5.41 Å². The zero-order valence-corrected chi connectivity index (χ0v) is 24.7. The summed E-state index contributed by atoms with van der Waals surface area (Å²) in [5, 5.41) is 0. The standard InChI is InChI=1S/C44H32/c1-31-18-20-33(21-19-31)34-22-24-36(25-23-34)37-12-9-13-39(30-37)44(38-28-26-35(27-29-38)32-10-3-2-4-11-32)42-16-7-5-14-40(42)41-15-6-8-17-43(41)44/h2-30H,1H3. The van der Waals surface area contributed by atoms with E-state index in [9.17, 15) is 0 Å². The maximum atomic E-state index is 2.41. The van der Waals surface area contributed by atoms with Crippen LogP contribution in [0.4, 0.5) is 0 Å². The van der Waals surface area contributed by atoms with Gasteiger partial charge >= 0.3 is 0 Å². The lowest BCUT2D eigenvalue weighted by Gasteiger charge is -2.34. The summed E-state index contributed by atoms with van der Waals surface area (Å²) in [6.07, 6.45) is 0. The number of hydrogen-bond acceptors (Lipinski definition) is 0. The fourth-order valence-corrected chi connectivity index (χ4v) is 7.10. The van der Waals surface area contributed by atoms with Crippen LogP contribution >= 0.6 is 0 Å². The second-order valence-electron chi connectivity index (χ2n) is 11.8. The predicted octanol–water partition coefficient (Wildman–Crippen LogP) is 11.4. The van der Waals surface area contributed by atoms with E-state index in [1.165, 1.54) is 72.3 Å². The fraction of sp³-hybridized carbons (Fsp3) is 0.0455. The quantitative estimate of drug-likeness (QED) is 0.196. The van der Waals surface area contributed by atoms with Crippen molar-refractivity contribution in [2.45, 2.75) is 12.3 Å². The molecule has 7 aromatic rings. The third-order valence-electron chi connectivity index (χ3n) is 9.28. The van der Waals surface area contributed by atoms with Gasteiger partial charge in [0.15, 0.2) is 0 Å². The van der Waals surface area contributed by atoms with Gasteiger partial charge in [-0.15, -0.1) is 0 Å². The minimum absolute atomic E-state index is 0.430. The van der Waals surface area contributed by atoms with Crippen LogP contribution in [0.25, 0.3) is 44.5 Å². The van der Waals surface area contributed by atoms with Crippen LogP contribution in [0.5, 0.6) is 0 Å². The van der Waals surface area contributed by atoms with Crippen LogP contribution < -0.4 is 0 Å². The molecule has 0 spiro atoms. The summed E-state index contributed by atoms with van der Waals surface area (Å²) in [5.41, 5.74) is 16.1. The van der Waals surface area contributed by atoms with E-state index in [0.29, 0.717) is 0 Å². The number of hydrogen-bond donors (Lipinski definition) is 0. The van der Waals surface area contributed by atoms with Crippen molar-refractivity contribution in [3.63, 3.8) is 0 Å². The van der Waals surface area contributed by atoms with E-state index < -0.39 is 5.41 Å². The monoisotopic (exact) mass is 560 g/mol. The highest BCUT2D eigenvalue weighted by Gasteiger charge is 2.45. The van der Waals surface area contributed by atoms with E-state index in [1.807, 2.05) is 0 Å². The summed E-state index contributed by atoms with van der Waals surface area (Å²) in [6, 6.07) is 64.7. The lowest BCUT2D eigenvalue weighted by molar-refractivity contribution is 0.769. The van der Waals surface area contributed by atoms with Gasteiger partial charge in [-0.2, -0.15) is 0 Å².